The molecule has 0 aliphatic carbocycles. The molecular formula is C10H12N2O2S. The maximum absolute atomic E-state index is 11.9. The largest absolute Gasteiger partial charge is 0.328 e. The van der Waals surface area contributed by atoms with Gasteiger partial charge in [-0.1, -0.05) is 13.3 Å². The van der Waals surface area contributed by atoms with Crippen molar-refractivity contribution in [3.63, 3.8) is 0 Å². The lowest BCUT2D eigenvalue weighted by molar-refractivity contribution is 0.590. The lowest BCUT2D eigenvalue weighted by atomic mass is 10.3. The van der Waals surface area contributed by atoms with Gasteiger partial charge in [-0.05, 0) is 17.9 Å². The van der Waals surface area contributed by atoms with Crippen LogP contribution in [0.4, 0.5) is 0 Å². The van der Waals surface area contributed by atoms with E-state index in [-0.39, 0.29) is 11.2 Å². The molecule has 0 aromatic carbocycles. The molecule has 0 unspecified atom stereocenters. The first-order valence-corrected chi connectivity index (χ1v) is 5.82. The van der Waals surface area contributed by atoms with Crippen LogP contribution in [0.15, 0.2) is 21.0 Å². The SMILES string of the molecule is CCCCn1c(=O)[nH]c2ccsc2c1=O. The quantitative estimate of drug-likeness (QED) is 0.860. The van der Waals surface area contributed by atoms with Crippen LogP contribution in [0.3, 0.4) is 0 Å². The Morgan fingerprint density at radius 2 is 2.27 bits per heavy atom. The molecule has 0 atom stereocenters. The van der Waals surface area contributed by atoms with E-state index in [1.807, 2.05) is 12.3 Å². The fourth-order valence-electron chi connectivity index (χ4n) is 1.49. The molecule has 0 aliphatic heterocycles. The van der Waals surface area contributed by atoms with E-state index < -0.39 is 0 Å². The van der Waals surface area contributed by atoms with Gasteiger partial charge in [0.1, 0.15) is 4.70 Å². The molecule has 5 heteroatoms. The molecule has 0 amide bonds. The number of aromatic amines is 1. The van der Waals surface area contributed by atoms with Gasteiger partial charge < -0.3 is 4.98 Å². The number of hydrogen-bond donors (Lipinski definition) is 1. The third-order valence-electron chi connectivity index (χ3n) is 2.33. The second-order valence-corrected chi connectivity index (χ2v) is 4.32. The maximum Gasteiger partial charge on any atom is 0.328 e. The lowest BCUT2D eigenvalue weighted by Gasteiger charge is -2.02. The van der Waals surface area contributed by atoms with Crippen LogP contribution in [0.5, 0.6) is 0 Å². The van der Waals surface area contributed by atoms with E-state index in [1.54, 1.807) is 6.07 Å². The number of aromatic nitrogens is 2. The van der Waals surface area contributed by atoms with Crippen LogP contribution in [-0.2, 0) is 6.54 Å². The third kappa shape index (κ3) is 1.74. The summed E-state index contributed by atoms with van der Waals surface area (Å²) < 4.78 is 1.91. The normalized spacial score (nSPS) is 11.0. The van der Waals surface area contributed by atoms with Crippen LogP contribution in [0.2, 0.25) is 0 Å². The Hall–Kier alpha value is -1.36. The summed E-state index contributed by atoms with van der Waals surface area (Å²) in [7, 11) is 0. The molecule has 1 N–H and O–H groups in total. The number of H-pyrrole nitrogens is 1. The van der Waals surface area contributed by atoms with E-state index in [0.717, 1.165) is 12.8 Å². The topological polar surface area (TPSA) is 54.9 Å². The van der Waals surface area contributed by atoms with Crippen LogP contribution in [0, 0.1) is 0 Å². The summed E-state index contributed by atoms with van der Waals surface area (Å²) in [6, 6.07) is 1.76. The van der Waals surface area contributed by atoms with Gasteiger partial charge in [-0.25, -0.2) is 4.79 Å². The van der Waals surface area contributed by atoms with Crippen LogP contribution < -0.4 is 11.2 Å². The van der Waals surface area contributed by atoms with Crippen molar-refractivity contribution in [3.8, 4) is 0 Å². The van der Waals surface area contributed by atoms with Gasteiger partial charge in [-0.15, -0.1) is 11.3 Å². The summed E-state index contributed by atoms with van der Waals surface area (Å²) in [5, 5.41) is 1.81. The Balaban J connectivity index is 2.62. The van der Waals surface area contributed by atoms with Crippen molar-refractivity contribution in [2.45, 2.75) is 26.3 Å². The first-order valence-electron chi connectivity index (χ1n) is 4.94. The number of nitrogens with zero attached hydrogens (tertiary/aromatic N) is 1. The molecule has 0 fully saturated rings. The minimum Gasteiger partial charge on any atom is -0.306 e. The molecule has 0 saturated carbocycles. The first-order chi connectivity index (χ1) is 7.24. The van der Waals surface area contributed by atoms with Crippen LogP contribution in [0.25, 0.3) is 10.2 Å². The molecule has 15 heavy (non-hydrogen) atoms. The summed E-state index contributed by atoms with van der Waals surface area (Å²) in [6.07, 6.45) is 1.81. The molecule has 0 radical (unpaired) electrons. The Morgan fingerprint density at radius 1 is 1.47 bits per heavy atom. The Bertz CT molecular complexity index is 579. The standard InChI is InChI=1S/C10H12N2O2S/c1-2-3-5-12-9(13)8-7(4-6-15-8)11-10(12)14/h4,6H,2-3,5H2,1H3,(H,11,14). The van der Waals surface area contributed by atoms with Crippen LogP contribution in [0.1, 0.15) is 19.8 Å². The van der Waals surface area contributed by atoms with Crippen LogP contribution >= 0.6 is 11.3 Å². The van der Waals surface area contributed by atoms with Crippen molar-refractivity contribution in [1.82, 2.24) is 9.55 Å². The first kappa shape index (κ1) is 10.2. The van der Waals surface area contributed by atoms with Gasteiger partial charge in [0, 0.05) is 6.54 Å². The average molecular weight is 224 g/mol. The molecule has 0 bridgehead atoms. The smallest absolute Gasteiger partial charge is 0.306 e. The summed E-state index contributed by atoms with van der Waals surface area (Å²) >= 11 is 1.37. The van der Waals surface area contributed by atoms with Gasteiger partial charge in [-0.2, -0.15) is 0 Å². The molecule has 0 spiro atoms. The number of nitrogens with one attached hydrogen (secondary N) is 1. The zero-order chi connectivity index (χ0) is 10.8. The van der Waals surface area contributed by atoms with Gasteiger partial charge in [0.05, 0.1) is 5.52 Å². The molecule has 2 heterocycles. The van der Waals surface area contributed by atoms with Gasteiger partial charge in [0.25, 0.3) is 5.56 Å². The molecule has 0 saturated heterocycles. The second kappa shape index (κ2) is 4.02. The highest BCUT2D eigenvalue weighted by molar-refractivity contribution is 7.17. The van der Waals surface area contributed by atoms with Crippen molar-refractivity contribution in [3.05, 3.63) is 32.3 Å². The zero-order valence-electron chi connectivity index (χ0n) is 8.45. The van der Waals surface area contributed by atoms with E-state index in [2.05, 4.69) is 4.98 Å². The lowest BCUT2D eigenvalue weighted by Crippen LogP contribution is -2.34. The number of unbranched alkanes of at least 4 members (excludes halogenated alkanes) is 1. The fraction of sp³-hybridized carbons (Fsp3) is 0.400. The van der Waals surface area contributed by atoms with Crippen molar-refractivity contribution >= 4 is 21.6 Å². The number of thiophene rings is 1. The van der Waals surface area contributed by atoms with Crippen molar-refractivity contribution in [2.75, 3.05) is 0 Å². The Kier molecular flexibility index (Phi) is 2.73. The Labute approximate surface area is 90.2 Å². The molecule has 2 aromatic rings. The molecule has 2 rings (SSSR count). The third-order valence-corrected chi connectivity index (χ3v) is 3.23. The van der Waals surface area contributed by atoms with E-state index in [1.165, 1.54) is 15.9 Å². The predicted molar refractivity (Wildman–Crippen MR) is 61.6 cm³/mol. The molecule has 2 aromatic heterocycles. The predicted octanol–water partition coefficient (Wildman–Crippen LogP) is 1.55. The van der Waals surface area contributed by atoms with Crippen molar-refractivity contribution in [2.24, 2.45) is 0 Å². The average Bonchev–Trinajstić information content (AvgIpc) is 2.65. The molecule has 4 nitrogen and oxygen atoms in total. The highest BCUT2D eigenvalue weighted by atomic mass is 32.1. The summed E-state index contributed by atoms with van der Waals surface area (Å²) in [5.41, 5.74) is 0.166. The number of hydrogen-bond acceptors (Lipinski definition) is 3. The monoisotopic (exact) mass is 224 g/mol. The maximum atomic E-state index is 11.9. The zero-order valence-corrected chi connectivity index (χ0v) is 9.26. The molecular weight excluding hydrogens is 212 g/mol. The van der Waals surface area contributed by atoms with E-state index in [4.69, 9.17) is 0 Å². The van der Waals surface area contributed by atoms with Gasteiger partial charge in [0.15, 0.2) is 0 Å². The van der Waals surface area contributed by atoms with E-state index in [0.29, 0.717) is 16.8 Å². The van der Waals surface area contributed by atoms with Crippen molar-refractivity contribution < 1.29 is 0 Å². The Morgan fingerprint density at radius 3 is 3.00 bits per heavy atom. The minimum absolute atomic E-state index is 0.169. The van der Waals surface area contributed by atoms with Gasteiger partial charge in [0.2, 0.25) is 0 Å². The summed E-state index contributed by atoms with van der Waals surface area (Å²) in [5.74, 6) is 0. The number of rotatable bonds is 3. The molecule has 0 aliphatic rings. The highest BCUT2D eigenvalue weighted by Gasteiger charge is 2.07. The summed E-state index contributed by atoms with van der Waals surface area (Å²) in [6.45, 7) is 2.53. The minimum atomic E-state index is -0.306. The second-order valence-electron chi connectivity index (χ2n) is 3.40. The highest BCUT2D eigenvalue weighted by Crippen LogP contribution is 2.11. The molecule has 80 valence electrons. The number of fused-ring (bicyclic) bond motifs is 1. The van der Waals surface area contributed by atoms with E-state index >= 15 is 0 Å². The summed E-state index contributed by atoms with van der Waals surface area (Å²) in [4.78, 5) is 26.1. The van der Waals surface area contributed by atoms with Gasteiger partial charge in [-0.3, -0.25) is 9.36 Å². The fourth-order valence-corrected chi connectivity index (χ4v) is 2.29. The van der Waals surface area contributed by atoms with Gasteiger partial charge >= 0.3 is 5.69 Å². The van der Waals surface area contributed by atoms with E-state index in [9.17, 15) is 9.59 Å². The van der Waals surface area contributed by atoms with Crippen LogP contribution in [-0.4, -0.2) is 9.55 Å². The van der Waals surface area contributed by atoms with Crippen molar-refractivity contribution in [1.29, 1.82) is 0 Å².